The number of amidine groups is 1. The van der Waals surface area contributed by atoms with Gasteiger partial charge in [0.25, 0.3) is 0 Å². The number of piperidine rings is 1. The Kier molecular flexibility index (Phi) is 19.3. The summed E-state index contributed by atoms with van der Waals surface area (Å²) in [6.07, 6.45) is 15.8. The first-order valence-electron chi connectivity index (χ1n) is 13.6. The molecule has 1 aromatic carbocycles. The Bertz CT molecular complexity index is 1170. The Balaban J connectivity index is 0.00000102. The molecule has 7 nitrogen and oxygen atoms in total. The SMILES string of the molecule is C/C=C/C=C(\C=C/C=C\C(C=O)=C(C)\C(N)=N/NC)Oc1cccc(F)c1F.C=CC(=O)N1CCC[C@H](C)C1.CC. The molecule has 9 heteroatoms. The zero-order chi connectivity index (χ0) is 31.2. The second-order valence-corrected chi connectivity index (χ2v) is 8.62. The van der Waals surface area contributed by atoms with Gasteiger partial charge in [-0.1, -0.05) is 63.8 Å². The fraction of sp³-hybridized carbons (Fsp3) is 0.344. The van der Waals surface area contributed by atoms with Gasteiger partial charge >= 0.3 is 0 Å². The highest BCUT2D eigenvalue weighted by Crippen LogP contribution is 2.22. The van der Waals surface area contributed by atoms with Crippen LogP contribution in [0.5, 0.6) is 5.75 Å². The van der Waals surface area contributed by atoms with Gasteiger partial charge in [0.2, 0.25) is 11.7 Å². The molecule has 0 bridgehead atoms. The number of hydrogen-bond donors (Lipinski definition) is 2. The molecule has 1 aliphatic heterocycles. The summed E-state index contributed by atoms with van der Waals surface area (Å²) in [6, 6.07) is 3.69. The number of nitrogens with zero attached hydrogens (tertiary/aromatic N) is 2. The van der Waals surface area contributed by atoms with Crippen molar-refractivity contribution in [3.8, 4) is 5.75 Å². The third-order valence-electron chi connectivity index (χ3n) is 5.56. The van der Waals surface area contributed by atoms with Crippen LogP contribution in [0.15, 0.2) is 95.4 Å². The van der Waals surface area contributed by atoms with Gasteiger partial charge in [-0.15, -0.1) is 0 Å². The molecule has 0 unspecified atom stereocenters. The lowest BCUT2D eigenvalue weighted by molar-refractivity contribution is -0.127. The summed E-state index contributed by atoms with van der Waals surface area (Å²) in [6.45, 7) is 14.9. The standard InChI is InChI=1S/C21H23F2N3O2.C9H15NO.C2H6/c1-4-5-10-17(28-19-13-8-12-18(22)20(19)23)11-7-6-9-16(14-27)15(2)21(24)26-25-3;1-3-9(11)10-6-4-5-8(2)7-10;1-2/h4-14,25H,1-3H3,(H2,24,26);3,8H,1,4-7H2,2H3;1-2H3/b5-4+,9-6-,11-7-,16-15-,17-10+;;/t;8-;/m.0./s1. The highest BCUT2D eigenvalue weighted by molar-refractivity contribution is 6.02. The first-order chi connectivity index (χ1) is 19.7. The van der Waals surface area contributed by atoms with E-state index in [2.05, 4.69) is 24.0 Å². The van der Waals surface area contributed by atoms with Gasteiger partial charge in [0, 0.05) is 31.3 Å². The maximum atomic E-state index is 13.8. The average molecular weight is 571 g/mol. The molecule has 0 radical (unpaired) electrons. The van der Waals surface area contributed by atoms with Crippen molar-refractivity contribution in [3.63, 3.8) is 0 Å². The van der Waals surface area contributed by atoms with Crippen molar-refractivity contribution in [2.75, 3.05) is 20.1 Å². The van der Waals surface area contributed by atoms with Crippen LogP contribution in [0.1, 0.15) is 47.5 Å². The van der Waals surface area contributed by atoms with Crippen molar-refractivity contribution in [2.45, 2.75) is 47.5 Å². The van der Waals surface area contributed by atoms with E-state index in [0.717, 1.165) is 25.6 Å². The molecular formula is C32H44F2N4O3. The van der Waals surface area contributed by atoms with E-state index in [0.29, 0.717) is 23.4 Å². The van der Waals surface area contributed by atoms with E-state index >= 15 is 0 Å². The molecule has 3 N–H and O–H groups in total. The molecule has 1 aliphatic rings. The first kappa shape index (κ1) is 36.7. The lowest BCUT2D eigenvalue weighted by Gasteiger charge is -2.29. The van der Waals surface area contributed by atoms with Gasteiger partial charge in [0.05, 0.1) is 0 Å². The topological polar surface area (TPSA) is 97.0 Å². The van der Waals surface area contributed by atoms with Crippen molar-refractivity contribution >= 4 is 18.0 Å². The Labute approximate surface area is 243 Å². The van der Waals surface area contributed by atoms with Crippen LogP contribution in [0.25, 0.3) is 0 Å². The van der Waals surface area contributed by atoms with Gasteiger partial charge in [-0.2, -0.15) is 9.49 Å². The lowest BCUT2D eigenvalue weighted by Crippen LogP contribution is -2.37. The minimum Gasteiger partial charge on any atom is -0.454 e. The van der Waals surface area contributed by atoms with Crippen LogP contribution in [-0.4, -0.2) is 43.1 Å². The number of rotatable bonds is 10. The summed E-state index contributed by atoms with van der Waals surface area (Å²) in [7, 11) is 1.60. The maximum absolute atomic E-state index is 13.8. The number of hydrogen-bond acceptors (Lipinski definition) is 5. The molecule has 0 saturated carbocycles. The number of carbonyl (C=O) groups excluding carboxylic acids is 2. The number of benzene rings is 1. The number of likely N-dealkylation sites (tertiary alicyclic amines) is 1. The molecule has 0 spiro atoms. The summed E-state index contributed by atoms with van der Waals surface area (Å²) in [5.41, 5.74) is 9.14. The predicted octanol–water partition coefficient (Wildman–Crippen LogP) is 6.38. The van der Waals surface area contributed by atoms with Crippen LogP contribution >= 0.6 is 0 Å². The molecule has 1 amide bonds. The van der Waals surface area contributed by atoms with E-state index in [1.807, 2.05) is 25.7 Å². The van der Waals surface area contributed by atoms with Crippen LogP contribution < -0.4 is 15.9 Å². The summed E-state index contributed by atoms with van der Waals surface area (Å²) in [5, 5.41) is 3.82. The van der Waals surface area contributed by atoms with E-state index in [1.165, 1.54) is 24.6 Å². The number of hydrazone groups is 1. The number of aldehydes is 1. The highest BCUT2D eigenvalue weighted by Gasteiger charge is 2.18. The van der Waals surface area contributed by atoms with E-state index in [-0.39, 0.29) is 23.3 Å². The fourth-order valence-electron chi connectivity index (χ4n) is 3.44. The zero-order valence-electron chi connectivity index (χ0n) is 25.0. The molecule has 0 aromatic heterocycles. The number of nitrogens with one attached hydrogen (secondary N) is 1. The second-order valence-electron chi connectivity index (χ2n) is 8.62. The third-order valence-corrected chi connectivity index (χ3v) is 5.56. The number of ether oxygens (including phenoxy) is 1. The van der Waals surface area contributed by atoms with E-state index < -0.39 is 11.6 Å². The summed E-state index contributed by atoms with van der Waals surface area (Å²) < 4.78 is 32.6. The molecule has 0 aliphatic carbocycles. The Morgan fingerprint density at radius 3 is 2.49 bits per heavy atom. The predicted molar refractivity (Wildman–Crippen MR) is 164 cm³/mol. The normalized spacial score (nSPS) is 16.4. The van der Waals surface area contributed by atoms with Crippen LogP contribution in [0, 0.1) is 17.6 Å². The molecule has 1 aromatic rings. The van der Waals surface area contributed by atoms with Crippen molar-refractivity contribution < 1.29 is 23.1 Å². The minimum atomic E-state index is -1.07. The summed E-state index contributed by atoms with van der Waals surface area (Å²) in [4.78, 5) is 24.2. The largest absolute Gasteiger partial charge is 0.454 e. The molecule has 1 atom stereocenters. The second kappa shape index (κ2) is 21.5. The number of carbonyl (C=O) groups is 2. The number of halogens is 2. The third kappa shape index (κ3) is 14.1. The van der Waals surface area contributed by atoms with Gasteiger partial charge in [-0.05, 0) is 63.0 Å². The molecule has 224 valence electrons. The van der Waals surface area contributed by atoms with Crippen molar-refractivity contribution in [1.29, 1.82) is 0 Å². The number of amides is 1. The summed E-state index contributed by atoms with van der Waals surface area (Å²) in [5.74, 6) is -1.09. The van der Waals surface area contributed by atoms with Crippen LogP contribution in [0.2, 0.25) is 0 Å². The first-order valence-corrected chi connectivity index (χ1v) is 13.6. The van der Waals surface area contributed by atoms with Crippen molar-refractivity contribution in [1.82, 2.24) is 10.3 Å². The van der Waals surface area contributed by atoms with Crippen LogP contribution in [0.4, 0.5) is 8.78 Å². The van der Waals surface area contributed by atoms with Crippen LogP contribution in [0.3, 0.4) is 0 Å². The fourth-order valence-corrected chi connectivity index (χ4v) is 3.44. The molecule has 41 heavy (non-hydrogen) atoms. The van der Waals surface area contributed by atoms with E-state index in [1.54, 1.807) is 56.5 Å². The Morgan fingerprint density at radius 2 is 1.90 bits per heavy atom. The average Bonchev–Trinajstić information content (AvgIpc) is 2.98. The summed E-state index contributed by atoms with van der Waals surface area (Å²) >= 11 is 0. The Morgan fingerprint density at radius 1 is 1.22 bits per heavy atom. The maximum Gasteiger partial charge on any atom is 0.245 e. The highest BCUT2D eigenvalue weighted by atomic mass is 19.2. The number of nitrogens with two attached hydrogens (primary N) is 1. The van der Waals surface area contributed by atoms with Gasteiger partial charge in [0.15, 0.2) is 11.6 Å². The van der Waals surface area contributed by atoms with Gasteiger partial charge < -0.3 is 20.8 Å². The van der Waals surface area contributed by atoms with E-state index in [4.69, 9.17) is 10.5 Å². The monoisotopic (exact) mass is 570 g/mol. The van der Waals surface area contributed by atoms with Gasteiger partial charge in [-0.25, -0.2) is 4.39 Å². The van der Waals surface area contributed by atoms with E-state index in [9.17, 15) is 18.4 Å². The molecule has 2 rings (SSSR count). The van der Waals surface area contributed by atoms with Crippen molar-refractivity contribution in [2.24, 2.45) is 16.8 Å². The van der Waals surface area contributed by atoms with Crippen molar-refractivity contribution in [3.05, 3.63) is 102 Å². The Hall–Kier alpha value is -4.27. The van der Waals surface area contributed by atoms with Gasteiger partial charge in [-0.3, -0.25) is 9.59 Å². The smallest absolute Gasteiger partial charge is 0.245 e. The van der Waals surface area contributed by atoms with Gasteiger partial charge in [0.1, 0.15) is 17.9 Å². The molecule has 1 saturated heterocycles. The molecule has 1 heterocycles. The van der Waals surface area contributed by atoms with Crippen LogP contribution in [-0.2, 0) is 9.59 Å². The minimum absolute atomic E-state index is 0.0801. The lowest BCUT2D eigenvalue weighted by atomic mass is 10.0. The molecular weight excluding hydrogens is 526 g/mol. The zero-order valence-corrected chi connectivity index (χ0v) is 25.0. The molecule has 1 fully saturated rings. The number of allylic oxidation sites excluding steroid dienone is 8. The quantitative estimate of drug-likeness (QED) is 0.0647.